The highest BCUT2D eigenvalue weighted by molar-refractivity contribution is 5.79. The Labute approximate surface area is 102 Å². The molecule has 17 heavy (non-hydrogen) atoms. The number of benzene rings is 1. The Hall–Kier alpha value is -1.55. The first-order valence-corrected chi connectivity index (χ1v) is 5.89. The van der Waals surface area contributed by atoms with Crippen molar-refractivity contribution in [1.29, 1.82) is 0 Å². The highest BCUT2D eigenvalue weighted by atomic mass is 16.3. The van der Waals surface area contributed by atoms with Gasteiger partial charge in [0.15, 0.2) is 0 Å². The molecule has 1 rings (SSSR count). The maximum atomic E-state index is 11.7. The van der Waals surface area contributed by atoms with Crippen molar-refractivity contribution < 1.29 is 9.90 Å². The zero-order valence-corrected chi connectivity index (χ0v) is 10.1. The van der Waals surface area contributed by atoms with Crippen LogP contribution < -0.4 is 11.1 Å². The minimum absolute atomic E-state index is 0.0731. The summed E-state index contributed by atoms with van der Waals surface area (Å²) in [5.41, 5.74) is 6.05. The molecule has 0 aliphatic carbocycles. The predicted molar refractivity (Wildman–Crippen MR) is 67.7 cm³/mol. The van der Waals surface area contributed by atoms with Gasteiger partial charge in [-0.3, -0.25) is 4.79 Å². The summed E-state index contributed by atoms with van der Waals surface area (Å²) in [6.45, 7) is 2.60. The topological polar surface area (TPSA) is 75.3 Å². The van der Waals surface area contributed by atoms with Gasteiger partial charge in [0.1, 0.15) is 5.75 Å². The number of hydrogen-bond donors (Lipinski definition) is 3. The third kappa shape index (κ3) is 4.87. The molecule has 0 aliphatic heterocycles. The van der Waals surface area contributed by atoms with E-state index in [4.69, 9.17) is 5.73 Å². The van der Waals surface area contributed by atoms with E-state index in [2.05, 4.69) is 5.32 Å². The fourth-order valence-corrected chi connectivity index (χ4v) is 1.66. The lowest BCUT2D eigenvalue weighted by atomic mass is 10.1. The van der Waals surface area contributed by atoms with E-state index in [9.17, 15) is 9.90 Å². The molecule has 0 heterocycles. The summed E-state index contributed by atoms with van der Waals surface area (Å²) in [4.78, 5) is 11.7. The minimum Gasteiger partial charge on any atom is -0.508 e. The molecule has 1 amide bonds. The van der Waals surface area contributed by atoms with Crippen LogP contribution in [0.2, 0.25) is 0 Å². The molecular weight excluding hydrogens is 216 g/mol. The van der Waals surface area contributed by atoms with Crippen molar-refractivity contribution >= 4 is 5.91 Å². The van der Waals surface area contributed by atoms with Crippen LogP contribution >= 0.6 is 0 Å². The lowest BCUT2D eigenvalue weighted by molar-refractivity contribution is -0.121. The molecule has 0 saturated carbocycles. The number of nitrogens with one attached hydrogen (secondary N) is 1. The van der Waals surface area contributed by atoms with Crippen LogP contribution in [0.1, 0.15) is 25.3 Å². The van der Waals surface area contributed by atoms with Crippen molar-refractivity contribution in [3.8, 4) is 5.75 Å². The normalized spacial score (nSPS) is 12.1. The van der Waals surface area contributed by atoms with Crippen molar-refractivity contribution in [2.24, 2.45) is 5.73 Å². The zero-order valence-electron chi connectivity index (χ0n) is 10.1. The van der Waals surface area contributed by atoms with Gasteiger partial charge in [0, 0.05) is 11.6 Å². The largest absolute Gasteiger partial charge is 0.508 e. The van der Waals surface area contributed by atoms with Crippen molar-refractivity contribution in [1.82, 2.24) is 5.32 Å². The second kappa shape index (κ2) is 6.91. The third-order valence-corrected chi connectivity index (χ3v) is 2.59. The summed E-state index contributed by atoms with van der Waals surface area (Å²) in [6.07, 6.45) is 1.99. The van der Waals surface area contributed by atoms with Crippen molar-refractivity contribution in [3.05, 3.63) is 29.8 Å². The molecule has 0 aliphatic rings. The van der Waals surface area contributed by atoms with Gasteiger partial charge in [-0.1, -0.05) is 18.2 Å². The quantitative estimate of drug-likeness (QED) is 0.694. The lowest BCUT2D eigenvalue weighted by Crippen LogP contribution is -2.34. The fraction of sp³-hybridized carbons (Fsp3) is 0.462. The molecule has 4 heteroatoms. The van der Waals surface area contributed by atoms with Crippen LogP contribution in [0.25, 0.3) is 0 Å². The number of carbonyl (C=O) groups is 1. The Morgan fingerprint density at radius 3 is 2.82 bits per heavy atom. The summed E-state index contributed by atoms with van der Waals surface area (Å²) in [5.74, 6) is 0.0910. The van der Waals surface area contributed by atoms with Crippen LogP contribution in [0.5, 0.6) is 5.75 Å². The second-order valence-corrected chi connectivity index (χ2v) is 4.20. The van der Waals surface area contributed by atoms with E-state index in [1.807, 2.05) is 6.92 Å². The number of phenolic OH excluding ortho intramolecular Hbond substituents is 1. The maximum Gasteiger partial charge on any atom is 0.224 e. The molecule has 4 nitrogen and oxygen atoms in total. The van der Waals surface area contributed by atoms with E-state index < -0.39 is 0 Å². The smallest absolute Gasteiger partial charge is 0.224 e. The molecule has 0 radical (unpaired) electrons. The molecule has 1 aromatic rings. The Balaban J connectivity index is 2.42. The molecule has 0 aromatic heterocycles. The minimum atomic E-state index is -0.0731. The Morgan fingerprint density at radius 2 is 2.18 bits per heavy atom. The fourth-order valence-electron chi connectivity index (χ4n) is 1.66. The van der Waals surface area contributed by atoms with Gasteiger partial charge in [-0.25, -0.2) is 0 Å². The number of nitrogens with two attached hydrogens (primary N) is 1. The van der Waals surface area contributed by atoms with Gasteiger partial charge in [-0.15, -0.1) is 0 Å². The van der Waals surface area contributed by atoms with E-state index in [1.54, 1.807) is 24.3 Å². The zero-order chi connectivity index (χ0) is 12.7. The first-order chi connectivity index (χ1) is 8.13. The van der Waals surface area contributed by atoms with E-state index in [0.717, 1.165) is 12.8 Å². The van der Waals surface area contributed by atoms with E-state index in [0.29, 0.717) is 12.1 Å². The molecule has 94 valence electrons. The Kier molecular flexibility index (Phi) is 5.49. The van der Waals surface area contributed by atoms with Gasteiger partial charge in [-0.05, 0) is 32.4 Å². The van der Waals surface area contributed by atoms with Gasteiger partial charge in [0.2, 0.25) is 5.91 Å². The first-order valence-electron chi connectivity index (χ1n) is 5.89. The van der Waals surface area contributed by atoms with E-state index in [-0.39, 0.29) is 24.1 Å². The van der Waals surface area contributed by atoms with Crippen LogP contribution in [0, 0.1) is 0 Å². The van der Waals surface area contributed by atoms with Gasteiger partial charge >= 0.3 is 0 Å². The lowest BCUT2D eigenvalue weighted by Gasteiger charge is -2.13. The van der Waals surface area contributed by atoms with Crippen molar-refractivity contribution in [2.75, 3.05) is 6.54 Å². The standard InChI is InChI=1S/C13H20N2O2/c1-10(5-4-8-14)15-13(17)9-11-6-2-3-7-12(11)16/h2-3,6-7,10,16H,4-5,8-9,14H2,1H3,(H,15,17). The summed E-state index contributed by atoms with van der Waals surface area (Å²) < 4.78 is 0. The van der Waals surface area contributed by atoms with E-state index in [1.165, 1.54) is 0 Å². The van der Waals surface area contributed by atoms with Gasteiger partial charge < -0.3 is 16.2 Å². The number of phenols is 1. The summed E-state index contributed by atoms with van der Waals surface area (Å²) in [5, 5.41) is 12.4. The number of carbonyl (C=O) groups excluding carboxylic acids is 1. The SMILES string of the molecule is CC(CCCN)NC(=O)Cc1ccccc1O. The van der Waals surface area contributed by atoms with E-state index >= 15 is 0 Å². The third-order valence-electron chi connectivity index (χ3n) is 2.59. The molecule has 0 spiro atoms. The second-order valence-electron chi connectivity index (χ2n) is 4.20. The molecule has 0 bridgehead atoms. The molecule has 1 aromatic carbocycles. The molecule has 4 N–H and O–H groups in total. The average molecular weight is 236 g/mol. The number of rotatable bonds is 6. The maximum absolute atomic E-state index is 11.7. The van der Waals surface area contributed by atoms with Crippen molar-refractivity contribution in [2.45, 2.75) is 32.2 Å². The number of aromatic hydroxyl groups is 1. The number of hydrogen-bond acceptors (Lipinski definition) is 3. The molecule has 0 fully saturated rings. The monoisotopic (exact) mass is 236 g/mol. The summed E-state index contributed by atoms with van der Waals surface area (Å²) >= 11 is 0. The Morgan fingerprint density at radius 1 is 1.47 bits per heavy atom. The predicted octanol–water partition coefficient (Wildman–Crippen LogP) is 1.18. The van der Waals surface area contributed by atoms with Crippen LogP contribution in [-0.4, -0.2) is 23.6 Å². The highest BCUT2D eigenvalue weighted by Crippen LogP contribution is 2.15. The highest BCUT2D eigenvalue weighted by Gasteiger charge is 2.09. The average Bonchev–Trinajstić information content (AvgIpc) is 2.29. The Bertz CT molecular complexity index is 366. The number of para-hydroxylation sites is 1. The van der Waals surface area contributed by atoms with Crippen LogP contribution in [0.4, 0.5) is 0 Å². The van der Waals surface area contributed by atoms with Gasteiger partial charge in [-0.2, -0.15) is 0 Å². The van der Waals surface area contributed by atoms with Crippen molar-refractivity contribution in [3.63, 3.8) is 0 Å². The van der Waals surface area contributed by atoms with Crippen LogP contribution in [-0.2, 0) is 11.2 Å². The molecule has 1 atom stereocenters. The van der Waals surface area contributed by atoms with Crippen LogP contribution in [0.15, 0.2) is 24.3 Å². The number of amides is 1. The summed E-state index contributed by atoms with van der Waals surface area (Å²) in [6, 6.07) is 7.00. The van der Waals surface area contributed by atoms with Gasteiger partial charge in [0.25, 0.3) is 0 Å². The molecular formula is C13H20N2O2. The molecule has 0 saturated heterocycles. The summed E-state index contributed by atoms with van der Waals surface area (Å²) in [7, 11) is 0. The molecule has 1 unspecified atom stereocenters. The first kappa shape index (κ1) is 13.5. The van der Waals surface area contributed by atoms with Gasteiger partial charge in [0.05, 0.1) is 6.42 Å². The van der Waals surface area contributed by atoms with Crippen LogP contribution in [0.3, 0.4) is 0 Å².